The van der Waals surface area contributed by atoms with E-state index in [9.17, 15) is 9.90 Å². The highest BCUT2D eigenvalue weighted by molar-refractivity contribution is 6.32. The summed E-state index contributed by atoms with van der Waals surface area (Å²) in [6.45, 7) is 1.82. The van der Waals surface area contributed by atoms with Crippen molar-refractivity contribution in [3.8, 4) is 0 Å². The monoisotopic (exact) mass is 430 g/mol. The molecular formula is C26H23ClN2O2. The average molecular weight is 431 g/mol. The number of carbonyl (C=O) groups excluding carboxylic acids is 1. The smallest absolute Gasteiger partial charge is 0.254 e. The van der Waals surface area contributed by atoms with Crippen molar-refractivity contribution in [1.29, 1.82) is 0 Å². The molecule has 0 saturated carbocycles. The Balaban J connectivity index is 1.84. The van der Waals surface area contributed by atoms with E-state index >= 15 is 0 Å². The lowest BCUT2D eigenvalue weighted by molar-refractivity contribution is -0.121. The Morgan fingerprint density at radius 2 is 1.71 bits per heavy atom. The average Bonchev–Trinajstić information content (AvgIpc) is 2.89. The summed E-state index contributed by atoms with van der Waals surface area (Å²) in [6.07, 6.45) is 0.809. The predicted molar refractivity (Wildman–Crippen MR) is 127 cm³/mol. The number of nitrogens with zero attached hydrogens (tertiary/aromatic N) is 2. The molecule has 1 heterocycles. The van der Waals surface area contributed by atoms with Crippen molar-refractivity contribution in [2.75, 3.05) is 11.9 Å². The van der Waals surface area contributed by atoms with Gasteiger partial charge < -0.3 is 10.0 Å². The minimum absolute atomic E-state index is 0.275. The first kappa shape index (κ1) is 21.0. The molecule has 4 nitrogen and oxygen atoms in total. The maximum Gasteiger partial charge on any atom is 0.254 e. The predicted octanol–water partition coefficient (Wildman–Crippen LogP) is 4.99. The first-order valence-corrected chi connectivity index (χ1v) is 10.5. The molecule has 0 aromatic heterocycles. The van der Waals surface area contributed by atoms with Crippen LogP contribution in [-0.2, 0) is 4.79 Å². The Morgan fingerprint density at radius 3 is 2.39 bits per heavy atom. The molecular weight excluding hydrogens is 408 g/mol. The molecule has 0 bridgehead atoms. The molecule has 0 fully saturated rings. The van der Waals surface area contributed by atoms with Crippen molar-refractivity contribution in [1.82, 2.24) is 0 Å². The fourth-order valence-electron chi connectivity index (χ4n) is 3.75. The van der Waals surface area contributed by atoms with Crippen LogP contribution in [-0.4, -0.2) is 35.9 Å². The van der Waals surface area contributed by atoms with Gasteiger partial charge in [-0.05, 0) is 36.3 Å². The number of aliphatic hydroxyl groups is 1. The number of hydrogen-bond acceptors (Lipinski definition) is 3. The highest BCUT2D eigenvalue weighted by atomic mass is 35.5. The van der Waals surface area contributed by atoms with Gasteiger partial charge in [-0.2, -0.15) is 0 Å². The molecule has 1 aliphatic rings. The fraction of sp³-hybridized carbons (Fsp3) is 0.154. The largest absolute Gasteiger partial charge is 0.386 e. The van der Waals surface area contributed by atoms with Gasteiger partial charge in [0, 0.05) is 23.2 Å². The maximum absolute atomic E-state index is 13.4. The van der Waals surface area contributed by atoms with E-state index in [1.807, 2.05) is 85.8 Å². The standard InChI is InChI=1S/C26H23ClN2O2/c1-17(15-18-9-5-3-6-10-18)25(30)24-26(31)29(2)22-14-13-20(27)16-21(22)23(28-24)19-11-7-4-8-12-19/h3-16,24-25,30H,1-2H3/b17-15+/t24-,25+/m0/s1. The number of aliphatic imine (C=N–C) groups is 1. The molecule has 3 aromatic rings. The highest BCUT2D eigenvalue weighted by Gasteiger charge is 2.35. The van der Waals surface area contributed by atoms with Crippen LogP contribution in [0.3, 0.4) is 0 Å². The summed E-state index contributed by atoms with van der Waals surface area (Å²) in [4.78, 5) is 19.7. The number of fused-ring (bicyclic) bond motifs is 1. The minimum Gasteiger partial charge on any atom is -0.386 e. The molecule has 1 aliphatic heterocycles. The van der Waals surface area contributed by atoms with Gasteiger partial charge in [-0.15, -0.1) is 0 Å². The van der Waals surface area contributed by atoms with Gasteiger partial charge >= 0.3 is 0 Å². The number of anilines is 1. The van der Waals surface area contributed by atoms with Crippen LogP contribution in [0.4, 0.5) is 5.69 Å². The van der Waals surface area contributed by atoms with E-state index in [-0.39, 0.29) is 5.91 Å². The van der Waals surface area contributed by atoms with E-state index in [4.69, 9.17) is 16.6 Å². The third-order valence-electron chi connectivity index (χ3n) is 5.43. The van der Waals surface area contributed by atoms with Gasteiger partial charge in [0.05, 0.1) is 11.4 Å². The van der Waals surface area contributed by atoms with Gasteiger partial charge in [-0.3, -0.25) is 9.79 Å². The molecule has 2 atom stereocenters. The van der Waals surface area contributed by atoms with Crippen LogP contribution in [0.2, 0.25) is 5.02 Å². The molecule has 31 heavy (non-hydrogen) atoms. The summed E-state index contributed by atoms with van der Waals surface area (Å²) < 4.78 is 0. The topological polar surface area (TPSA) is 52.9 Å². The van der Waals surface area contributed by atoms with E-state index in [1.54, 1.807) is 18.0 Å². The molecule has 1 amide bonds. The zero-order chi connectivity index (χ0) is 22.0. The highest BCUT2D eigenvalue weighted by Crippen LogP contribution is 2.31. The third kappa shape index (κ3) is 4.31. The molecule has 0 unspecified atom stereocenters. The van der Waals surface area contributed by atoms with Crippen LogP contribution >= 0.6 is 11.6 Å². The number of benzodiazepines with no additional fused rings is 1. The second-order valence-electron chi connectivity index (χ2n) is 7.59. The second-order valence-corrected chi connectivity index (χ2v) is 8.03. The van der Waals surface area contributed by atoms with Crippen LogP contribution in [0.1, 0.15) is 23.6 Å². The van der Waals surface area contributed by atoms with E-state index in [1.165, 1.54) is 0 Å². The molecule has 4 rings (SSSR count). The van der Waals surface area contributed by atoms with Crippen LogP contribution in [0, 0.1) is 0 Å². The number of rotatable bonds is 4. The quantitative estimate of drug-likeness (QED) is 0.634. The molecule has 0 spiro atoms. The normalized spacial score (nSPS) is 17.6. The molecule has 156 valence electrons. The summed E-state index contributed by atoms with van der Waals surface area (Å²) in [6, 6.07) is 23.8. The zero-order valence-corrected chi connectivity index (χ0v) is 18.1. The van der Waals surface area contributed by atoms with E-state index in [2.05, 4.69) is 0 Å². The van der Waals surface area contributed by atoms with E-state index in [0.29, 0.717) is 22.0 Å². The van der Waals surface area contributed by atoms with Crippen LogP contribution in [0.25, 0.3) is 6.08 Å². The Labute approximate surface area is 187 Å². The van der Waals surface area contributed by atoms with Crippen LogP contribution < -0.4 is 4.90 Å². The van der Waals surface area contributed by atoms with Gasteiger partial charge in [0.2, 0.25) is 0 Å². The van der Waals surface area contributed by atoms with Crippen molar-refractivity contribution in [2.45, 2.75) is 19.1 Å². The first-order chi connectivity index (χ1) is 15.0. The molecule has 0 aliphatic carbocycles. The van der Waals surface area contributed by atoms with Gasteiger partial charge in [-0.1, -0.05) is 78.3 Å². The number of amides is 1. The Hall–Kier alpha value is -3.21. The Kier molecular flexibility index (Phi) is 6.03. The zero-order valence-electron chi connectivity index (χ0n) is 17.4. The lowest BCUT2D eigenvalue weighted by Crippen LogP contribution is -2.42. The molecule has 5 heteroatoms. The second kappa shape index (κ2) is 8.88. The lowest BCUT2D eigenvalue weighted by atomic mass is 9.99. The van der Waals surface area contributed by atoms with Gasteiger partial charge in [0.15, 0.2) is 6.04 Å². The fourth-order valence-corrected chi connectivity index (χ4v) is 3.92. The lowest BCUT2D eigenvalue weighted by Gasteiger charge is -2.24. The van der Waals surface area contributed by atoms with Crippen molar-refractivity contribution < 1.29 is 9.90 Å². The SMILES string of the molecule is C/C(=C\c1ccccc1)[C@@H](O)[C@@H]1N=C(c2ccccc2)c2cc(Cl)ccc2N(C)C1=O. The van der Waals surface area contributed by atoms with Gasteiger partial charge in [0.1, 0.15) is 6.10 Å². The molecule has 0 radical (unpaired) electrons. The number of likely N-dealkylation sites (N-methyl/N-ethyl adjacent to an activating group) is 1. The number of benzene rings is 3. The van der Waals surface area contributed by atoms with Gasteiger partial charge in [-0.25, -0.2) is 0 Å². The molecule has 0 saturated heterocycles. The Morgan fingerprint density at radius 1 is 1.06 bits per heavy atom. The Bertz CT molecular complexity index is 1160. The summed E-state index contributed by atoms with van der Waals surface area (Å²) in [5, 5.41) is 11.7. The maximum atomic E-state index is 13.4. The number of hydrogen-bond donors (Lipinski definition) is 1. The van der Waals surface area contributed by atoms with E-state index < -0.39 is 12.1 Å². The summed E-state index contributed by atoms with van der Waals surface area (Å²) in [5.74, 6) is -0.275. The molecule has 1 N–H and O–H groups in total. The number of aliphatic hydroxyl groups excluding tert-OH is 1. The summed E-state index contributed by atoms with van der Waals surface area (Å²) >= 11 is 6.29. The number of halogens is 1. The van der Waals surface area contributed by atoms with Crippen molar-refractivity contribution in [3.63, 3.8) is 0 Å². The number of carbonyl (C=O) groups is 1. The van der Waals surface area contributed by atoms with Crippen molar-refractivity contribution in [2.24, 2.45) is 4.99 Å². The third-order valence-corrected chi connectivity index (χ3v) is 5.67. The van der Waals surface area contributed by atoms with Crippen LogP contribution in [0.15, 0.2) is 89.4 Å². The van der Waals surface area contributed by atoms with Crippen LogP contribution in [0.5, 0.6) is 0 Å². The van der Waals surface area contributed by atoms with Crippen molar-refractivity contribution in [3.05, 3.63) is 106 Å². The first-order valence-electron chi connectivity index (χ1n) is 10.1. The molecule has 3 aromatic carbocycles. The summed E-state index contributed by atoms with van der Waals surface area (Å²) in [5.41, 5.74) is 4.57. The minimum atomic E-state index is -1.07. The van der Waals surface area contributed by atoms with E-state index in [0.717, 1.165) is 16.7 Å². The van der Waals surface area contributed by atoms with Crippen molar-refractivity contribution >= 4 is 35.0 Å². The van der Waals surface area contributed by atoms with Gasteiger partial charge in [0.25, 0.3) is 5.91 Å². The summed E-state index contributed by atoms with van der Waals surface area (Å²) in [7, 11) is 1.70.